The van der Waals surface area contributed by atoms with Gasteiger partial charge in [0.25, 0.3) is 0 Å². The quantitative estimate of drug-likeness (QED) is 0.683. The first-order valence-electron chi connectivity index (χ1n) is 4.72. The smallest absolute Gasteiger partial charge is 0.0397 e. The zero-order valence-corrected chi connectivity index (χ0v) is 8.65. The van der Waals surface area contributed by atoms with Gasteiger partial charge >= 0.3 is 0 Å². The van der Waals surface area contributed by atoms with Crippen LogP contribution in [0.2, 0.25) is 0 Å². The Morgan fingerprint density at radius 1 is 1.15 bits per heavy atom. The van der Waals surface area contributed by atoms with Crippen LogP contribution in [0.1, 0.15) is 30.0 Å². The van der Waals surface area contributed by atoms with Gasteiger partial charge in [0.2, 0.25) is 0 Å². The number of nitrogens with two attached hydrogens (primary N) is 2. The van der Waals surface area contributed by atoms with Crippen LogP contribution < -0.4 is 11.5 Å². The standard InChI is InChI=1S/C11H18N2/c1-4-5-9-6-7(2)10(12)8(3)11(9)13/h6H,4-5,12-13H2,1-3H3. The molecule has 0 aliphatic heterocycles. The van der Waals surface area contributed by atoms with Crippen LogP contribution in [0.4, 0.5) is 11.4 Å². The van der Waals surface area contributed by atoms with Gasteiger partial charge in [0.1, 0.15) is 0 Å². The van der Waals surface area contributed by atoms with Crippen molar-refractivity contribution in [3.8, 4) is 0 Å². The maximum atomic E-state index is 5.96. The van der Waals surface area contributed by atoms with Crippen LogP contribution in [0.25, 0.3) is 0 Å². The van der Waals surface area contributed by atoms with Gasteiger partial charge in [-0.15, -0.1) is 0 Å². The lowest BCUT2D eigenvalue weighted by Gasteiger charge is -2.12. The average molecular weight is 178 g/mol. The van der Waals surface area contributed by atoms with E-state index >= 15 is 0 Å². The molecule has 1 rings (SSSR count). The van der Waals surface area contributed by atoms with E-state index in [2.05, 4.69) is 13.0 Å². The lowest BCUT2D eigenvalue weighted by atomic mass is 9.99. The van der Waals surface area contributed by atoms with Gasteiger partial charge in [0.15, 0.2) is 0 Å². The summed E-state index contributed by atoms with van der Waals surface area (Å²) in [5.74, 6) is 0. The maximum Gasteiger partial charge on any atom is 0.0397 e. The fraction of sp³-hybridized carbons (Fsp3) is 0.455. The minimum absolute atomic E-state index is 0.831. The van der Waals surface area contributed by atoms with Gasteiger partial charge in [0, 0.05) is 11.4 Å². The van der Waals surface area contributed by atoms with Gasteiger partial charge < -0.3 is 11.5 Å². The fourth-order valence-corrected chi connectivity index (χ4v) is 1.57. The van der Waals surface area contributed by atoms with E-state index in [1.807, 2.05) is 13.8 Å². The third-order valence-corrected chi connectivity index (χ3v) is 2.49. The minimum Gasteiger partial charge on any atom is -0.398 e. The molecule has 0 saturated carbocycles. The summed E-state index contributed by atoms with van der Waals surface area (Å²) in [6.45, 7) is 6.16. The molecule has 13 heavy (non-hydrogen) atoms. The van der Waals surface area contributed by atoms with Crippen LogP contribution in [-0.2, 0) is 6.42 Å². The van der Waals surface area contributed by atoms with Crippen molar-refractivity contribution in [1.29, 1.82) is 0 Å². The Morgan fingerprint density at radius 3 is 2.31 bits per heavy atom. The minimum atomic E-state index is 0.831. The second-order valence-electron chi connectivity index (χ2n) is 3.55. The molecular weight excluding hydrogens is 160 g/mol. The lowest BCUT2D eigenvalue weighted by Crippen LogP contribution is -2.03. The van der Waals surface area contributed by atoms with E-state index < -0.39 is 0 Å². The Labute approximate surface area is 79.9 Å². The predicted molar refractivity (Wildman–Crippen MR) is 58.7 cm³/mol. The second-order valence-corrected chi connectivity index (χ2v) is 3.55. The Balaban J connectivity index is 3.24. The number of anilines is 2. The second kappa shape index (κ2) is 3.69. The molecule has 0 atom stereocenters. The Kier molecular flexibility index (Phi) is 2.81. The Hall–Kier alpha value is -1.18. The van der Waals surface area contributed by atoms with Gasteiger partial charge in [-0.25, -0.2) is 0 Å². The van der Waals surface area contributed by atoms with Crippen molar-refractivity contribution in [2.75, 3.05) is 11.5 Å². The molecule has 1 aromatic carbocycles. The predicted octanol–water partition coefficient (Wildman–Crippen LogP) is 2.42. The lowest BCUT2D eigenvalue weighted by molar-refractivity contribution is 0.921. The van der Waals surface area contributed by atoms with Crippen LogP contribution in [0.15, 0.2) is 6.07 Å². The van der Waals surface area contributed by atoms with Crippen molar-refractivity contribution in [3.63, 3.8) is 0 Å². The van der Waals surface area contributed by atoms with Gasteiger partial charge in [-0.2, -0.15) is 0 Å². The van der Waals surface area contributed by atoms with Gasteiger partial charge in [-0.3, -0.25) is 0 Å². The number of nitrogen functional groups attached to an aromatic ring is 2. The molecule has 0 aliphatic carbocycles. The summed E-state index contributed by atoms with van der Waals surface area (Å²) in [5, 5.41) is 0. The van der Waals surface area contributed by atoms with Crippen molar-refractivity contribution in [1.82, 2.24) is 0 Å². The molecule has 0 bridgehead atoms. The van der Waals surface area contributed by atoms with Crippen molar-refractivity contribution in [3.05, 3.63) is 22.8 Å². The van der Waals surface area contributed by atoms with Crippen LogP contribution in [0.5, 0.6) is 0 Å². The molecule has 0 saturated heterocycles. The molecule has 0 radical (unpaired) electrons. The third-order valence-electron chi connectivity index (χ3n) is 2.49. The summed E-state index contributed by atoms with van der Waals surface area (Å²) < 4.78 is 0. The zero-order valence-electron chi connectivity index (χ0n) is 8.65. The number of hydrogen-bond donors (Lipinski definition) is 2. The number of benzene rings is 1. The summed E-state index contributed by atoms with van der Waals surface area (Å²) in [6, 6.07) is 2.10. The molecule has 0 spiro atoms. The van der Waals surface area contributed by atoms with Crippen molar-refractivity contribution < 1.29 is 0 Å². The van der Waals surface area contributed by atoms with Crippen LogP contribution in [-0.4, -0.2) is 0 Å². The maximum absolute atomic E-state index is 5.96. The third kappa shape index (κ3) is 1.77. The first-order chi connectivity index (χ1) is 6.07. The van der Waals surface area contributed by atoms with Gasteiger partial charge in [-0.05, 0) is 37.0 Å². The van der Waals surface area contributed by atoms with Crippen molar-refractivity contribution in [2.24, 2.45) is 0 Å². The van der Waals surface area contributed by atoms with E-state index in [-0.39, 0.29) is 0 Å². The molecule has 0 amide bonds. The summed E-state index contributed by atoms with van der Waals surface area (Å²) in [4.78, 5) is 0. The monoisotopic (exact) mass is 178 g/mol. The highest BCUT2D eigenvalue weighted by Gasteiger charge is 2.07. The van der Waals surface area contributed by atoms with Crippen molar-refractivity contribution >= 4 is 11.4 Å². The highest BCUT2D eigenvalue weighted by molar-refractivity contribution is 5.68. The number of rotatable bonds is 2. The van der Waals surface area contributed by atoms with E-state index in [1.54, 1.807) is 0 Å². The van der Waals surface area contributed by atoms with E-state index in [1.165, 1.54) is 5.56 Å². The number of aryl methyl sites for hydroxylation is 2. The molecule has 72 valence electrons. The summed E-state index contributed by atoms with van der Waals surface area (Å²) in [7, 11) is 0. The molecular formula is C11H18N2. The molecule has 2 nitrogen and oxygen atoms in total. The first-order valence-corrected chi connectivity index (χ1v) is 4.72. The van der Waals surface area contributed by atoms with Crippen molar-refractivity contribution in [2.45, 2.75) is 33.6 Å². The van der Waals surface area contributed by atoms with Gasteiger partial charge in [0.05, 0.1) is 0 Å². The molecule has 0 aromatic heterocycles. The topological polar surface area (TPSA) is 52.0 Å². The first kappa shape index (κ1) is 9.90. The summed E-state index contributed by atoms with van der Waals surface area (Å²) in [5.41, 5.74) is 16.9. The Bertz CT molecular complexity index is 316. The molecule has 0 heterocycles. The molecule has 0 unspecified atom stereocenters. The van der Waals surface area contributed by atoms with E-state index in [0.29, 0.717) is 0 Å². The highest BCUT2D eigenvalue weighted by Crippen LogP contribution is 2.27. The molecule has 1 aromatic rings. The van der Waals surface area contributed by atoms with E-state index in [9.17, 15) is 0 Å². The van der Waals surface area contributed by atoms with E-state index in [0.717, 1.165) is 35.3 Å². The molecule has 2 heteroatoms. The number of hydrogen-bond acceptors (Lipinski definition) is 2. The van der Waals surface area contributed by atoms with Crippen LogP contribution >= 0.6 is 0 Å². The zero-order chi connectivity index (χ0) is 10.0. The fourth-order valence-electron chi connectivity index (χ4n) is 1.57. The molecule has 0 fully saturated rings. The van der Waals surface area contributed by atoms with E-state index in [4.69, 9.17) is 11.5 Å². The SMILES string of the molecule is CCCc1cc(C)c(N)c(C)c1N. The molecule has 4 N–H and O–H groups in total. The highest BCUT2D eigenvalue weighted by atomic mass is 14.6. The normalized spacial score (nSPS) is 10.4. The average Bonchev–Trinajstić information content (AvgIpc) is 2.11. The Morgan fingerprint density at radius 2 is 1.77 bits per heavy atom. The molecule has 0 aliphatic rings. The van der Waals surface area contributed by atoms with Crippen LogP contribution in [0, 0.1) is 13.8 Å². The van der Waals surface area contributed by atoms with Gasteiger partial charge in [-0.1, -0.05) is 19.4 Å². The summed E-state index contributed by atoms with van der Waals surface area (Å²) >= 11 is 0. The largest absolute Gasteiger partial charge is 0.398 e. The summed E-state index contributed by atoms with van der Waals surface area (Å²) in [6.07, 6.45) is 2.15. The van der Waals surface area contributed by atoms with Crippen LogP contribution in [0.3, 0.4) is 0 Å².